The second-order valence-electron chi connectivity index (χ2n) is 16.4. The van der Waals surface area contributed by atoms with Crippen LogP contribution in [0.2, 0.25) is 0 Å². The van der Waals surface area contributed by atoms with Crippen LogP contribution in [0.25, 0.3) is 71.4 Å². The van der Waals surface area contributed by atoms with Crippen LogP contribution in [-0.2, 0) is 9.98 Å². The first kappa shape index (κ1) is 35.7. The lowest BCUT2D eigenvalue weighted by molar-refractivity contribution is 0.587. The first-order chi connectivity index (χ1) is 30.5. The van der Waals surface area contributed by atoms with Crippen LogP contribution in [0, 0.1) is 0 Å². The molecule has 8 aromatic carbocycles. The first-order valence-electron chi connectivity index (χ1n) is 20.9. The first-order valence-corrected chi connectivity index (χ1v) is 23.4. The topological polar surface area (TPSA) is 48.3 Å². The summed E-state index contributed by atoms with van der Waals surface area (Å²) in [7, 11) is -3.43. The van der Waals surface area contributed by atoms with E-state index >= 15 is 4.57 Å². The summed E-state index contributed by atoms with van der Waals surface area (Å²) in [4.78, 5) is 2.31. The van der Waals surface area contributed by atoms with Crippen molar-refractivity contribution < 1.29 is 13.4 Å². The summed E-state index contributed by atoms with van der Waals surface area (Å²) in [5, 5.41) is 9.10. The van der Waals surface area contributed by atoms with Crippen molar-refractivity contribution in [2.75, 3.05) is 0 Å². The van der Waals surface area contributed by atoms with Crippen LogP contribution in [-0.4, -0.2) is 4.57 Å². The molecule has 11 aromatic rings. The molecule has 0 saturated heterocycles. The highest BCUT2D eigenvalue weighted by atomic mass is 32.2. The van der Waals surface area contributed by atoms with E-state index < -0.39 is 12.6 Å². The Labute approximate surface area is 361 Å². The number of hydrogen-bond donors (Lipinski definition) is 0. The molecule has 13 rings (SSSR count). The number of furan rings is 2. The number of benzene rings is 8. The minimum Gasteiger partial charge on any atom is -0.456 e. The lowest BCUT2D eigenvalue weighted by Crippen LogP contribution is -2.46. The Bertz CT molecular complexity index is 3880. The summed E-state index contributed by atoms with van der Waals surface area (Å²) in [5.41, 5.74) is 10.2. The van der Waals surface area contributed by atoms with Gasteiger partial charge in [-0.2, -0.15) is 0 Å². The molecule has 0 N–H and O–H groups in total. The van der Waals surface area contributed by atoms with Crippen LogP contribution in [0.15, 0.2) is 219 Å². The summed E-state index contributed by atoms with van der Waals surface area (Å²) >= 11 is 1.81. The minimum absolute atomic E-state index is 0.730. The quantitative estimate of drug-likeness (QED) is 0.131. The molecular formula is C56H36NO3PS. The van der Waals surface area contributed by atoms with Gasteiger partial charge in [0, 0.05) is 64.5 Å². The molecule has 294 valence electrons. The molecule has 0 fully saturated rings. The molecule has 4 nitrogen and oxygen atoms in total. The molecule has 1 spiro atoms. The summed E-state index contributed by atoms with van der Waals surface area (Å²) in [6, 6.07) is 58.2. The number of fused-ring (bicyclic) bond motifs is 17. The average Bonchev–Trinajstić information content (AvgIpc) is 3.97. The Balaban J connectivity index is 1.14. The third-order valence-corrected chi connectivity index (χ3v) is 17.7. The van der Waals surface area contributed by atoms with Gasteiger partial charge in [-0.05, 0) is 89.1 Å². The monoisotopic (exact) mass is 833 g/mol. The Kier molecular flexibility index (Phi) is 7.47. The van der Waals surface area contributed by atoms with E-state index in [-0.39, 0.29) is 0 Å². The number of allylic oxidation sites excluding steroid dienone is 5. The van der Waals surface area contributed by atoms with Crippen molar-refractivity contribution in [1.29, 1.82) is 0 Å². The van der Waals surface area contributed by atoms with Gasteiger partial charge in [0.25, 0.3) is 0 Å². The van der Waals surface area contributed by atoms with E-state index in [1.165, 1.54) is 21.2 Å². The summed E-state index contributed by atoms with van der Waals surface area (Å²) in [6.45, 7) is 5.89. The van der Waals surface area contributed by atoms with Crippen LogP contribution in [0.3, 0.4) is 0 Å². The Morgan fingerprint density at radius 3 is 1.98 bits per heavy atom. The Morgan fingerprint density at radius 2 is 1.19 bits per heavy atom. The van der Waals surface area contributed by atoms with E-state index in [2.05, 4.69) is 145 Å². The Morgan fingerprint density at radius 1 is 0.548 bits per heavy atom. The summed E-state index contributed by atoms with van der Waals surface area (Å²) in [6.07, 6.45) is 7.55. The molecule has 0 saturated carbocycles. The third kappa shape index (κ3) is 4.62. The highest BCUT2D eigenvalue weighted by Crippen LogP contribution is 2.65. The number of rotatable bonds is 4. The smallest absolute Gasteiger partial charge is 0.167 e. The van der Waals surface area contributed by atoms with E-state index in [0.717, 1.165) is 98.1 Å². The van der Waals surface area contributed by atoms with Gasteiger partial charge in [-0.15, -0.1) is 0 Å². The summed E-state index contributed by atoms with van der Waals surface area (Å²) in [5.74, 6) is 0. The predicted molar refractivity (Wildman–Crippen MR) is 258 cm³/mol. The normalized spacial score (nSPS) is 18.3. The molecule has 0 aliphatic carbocycles. The van der Waals surface area contributed by atoms with Gasteiger partial charge >= 0.3 is 0 Å². The maximum Gasteiger partial charge on any atom is 0.167 e. The molecule has 6 heteroatoms. The van der Waals surface area contributed by atoms with Crippen LogP contribution >= 0.6 is 18.9 Å². The molecule has 0 bridgehead atoms. The van der Waals surface area contributed by atoms with Crippen molar-refractivity contribution >= 4 is 95.2 Å². The van der Waals surface area contributed by atoms with Gasteiger partial charge in [-0.3, -0.25) is 0 Å². The maximum absolute atomic E-state index is 16.5. The average molecular weight is 834 g/mol. The van der Waals surface area contributed by atoms with Gasteiger partial charge in [-0.25, -0.2) is 0 Å². The highest BCUT2D eigenvalue weighted by Gasteiger charge is 2.54. The van der Waals surface area contributed by atoms with Gasteiger partial charge < -0.3 is 18.0 Å². The van der Waals surface area contributed by atoms with Gasteiger partial charge in [0.05, 0.1) is 16.4 Å². The fourth-order valence-corrected chi connectivity index (χ4v) is 14.9. The van der Waals surface area contributed by atoms with Gasteiger partial charge in [0.2, 0.25) is 0 Å². The van der Waals surface area contributed by atoms with E-state index in [1.807, 2.05) is 55.5 Å². The van der Waals surface area contributed by atoms with Crippen LogP contribution in [0.4, 0.5) is 0 Å². The third-order valence-electron chi connectivity index (χ3n) is 13.3. The van der Waals surface area contributed by atoms with E-state index in [9.17, 15) is 0 Å². The van der Waals surface area contributed by atoms with Gasteiger partial charge in [0.1, 0.15) is 22.3 Å². The molecule has 62 heavy (non-hydrogen) atoms. The number of hydrogen-bond acceptors (Lipinski definition) is 4. The number of para-hydroxylation sites is 3. The number of nitrogens with zero attached hydrogens (tertiary/aromatic N) is 1. The molecule has 2 aliphatic rings. The molecule has 0 radical (unpaired) electrons. The molecule has 2 atom stereocenters. The van der Waals surface area contributed by atoms with Crippen molar-refractivity contribution in [3.63, 3.8) is 0 Å². The molecule has 5 heterocycles. The van der Waals surface area contributed by atoms with Crippen molar-refractivity contribution in [3.05, 3.63) is 222 Å². The molecule has 0 amide bonds. The van der Waals surface area contributed by atoms with Crippen molar-refractivity contribution in [2.24, 2.45) is 0 Å². The zero-order valence-corrected chi connectivity index (χ0v) is 35.3. The fraction of sp³-hybridized carbons (Fsp3) is 0.0357. The minimum atomic E-state index is -3.43. The van der Waals surface area contributed by atoms with Crippen molar-refractivity contribution in [2.45, 2.75) is 22.1 Å². The SMILES string of the molecule is C=C/C=C\C=C(/C)P1(=O)c2ccccc2C2(c3ccccc3Sc3cc(-n4c5ccccc5c5cc6c(cc54)oc4ccccc46)ccc32)c2cc3c(cc21)oc1ccccc13. The van der Waals surface area contributed by atoms with E-state index in [4.69, 9.17) is 8.83 Å². The Hall–Kier alpha value is -7.04. The maximum atomic E-state index is 16.5. The van der Waals surface area contributed by atoms with E-state index in [1.54, 1.807) is 17.8 Å². The van der Waals surface area contributed by atoms with E-state index in [0.29, 0.717) is 0 Å². The lowest BCUT2D eigenvalue weighted by Gasteiger charge is -2.48. The largest absolute Gasteiger partial charge is 0.456 e. The summed E-state index contributed by atoms with van der Waals surface area (Å²) < 4.78 is 31.9. The van der Waals surface area contributed by atoms with Crippen LogP contribution in [0.1, 0.15) is 29.2 Å². The predicted octanol–water partition coefficient (Wildman–Crippen LogP) is 14.7. The standard InChI is InChI=1S/C56H36NO3PS/c1-3-4-5-16-34(2)61(58)52-25-14-9-20-42(52)56(45-31-41-38-19-8-13-24-49(38)60-51(41)33-53(45)61)43-21-10-15-26-54(43)62-55-29-35(27-28-44(55)56)57-46-22-11-6-17-36(46)39-30-40-37-18-7-12-23-48(37)59-50(40)32-47(39)57/h3-33H,1H2,2H3/b5-4-,34-16+. The second kappa shape index (κ2) is 13.0. The molecule has 2 unspecified atom stereocenters. The van der Waals surface area contributed by atoms with Gasteiger partial charge in [-0.1, -0.05) is 146 Å². The zero-order valence-electron chi connectivity index (χ0n) is 33.6. The molecular weight excluding hydrogens is 798 g/mol. The van der Waals surface area contributed by atoms with Gasteiger partial charge in [0.15, 0.2) is 7.14 Å². The van der Waals surface area contributed by atoms with Crippen LogP contribution < -0.4 is 10.6 Å². The molecule has 2 aliphatic heterocycles. The number of aromatic nitrogens is 1. The zero-order chi connectivity index (χ0) is 41.3. The van der Waals surface area contributed by atoms with Crippen molar-refractivity contribution in [1.82, 2.24) is 4.57 Å². The highest BCUT2D eigenvalue weighted by molar-refractivity contribution is 7.99. The van der Waals surface area contributed by atoms with Crippen molar-refractivity contribution in [3.8, 4) is 5.69 Å². The fourth-order valence-electron chi connectivity index (χ4n) is 10.6. The molecule has 3 aromatic heterocycles. The lowest BCUT2D eigenvalue weighted by atomic mass is 9.64. The van der Waals surface area contributed by atoms with Crippen LogP contribution in [0.5, 0.6) is 0 Å². The second-order valence-corrected chi connectivity index (χ2v) is 20.3.